The molecule has 0 bridgehead atoms. The van der Waals surface area contributed by atoms with Crippen LogP contribution >= 0.6 is 0 Å². The van der Waals surface area contributed by atoms with E-state index in [4.69, 9.17) is 24.2 Å². The Labute approximate surface area is 208 Å². The lowest BCUT2D eigenvalue weighted by atomic mass is 10.1. The Bertz CT molecular complexity index is 1070. The van der Waals surface area contributed by atoms with Crippen LogP contribution in [0, 0.1) is 11.3 Å². The lowest BCUT2D eigenvalue weighted by Crippen LogP contribution is -2.61. The maximum Gasteiger partial charge on any atom is 0.432 e. The molecule has 2 aromatic carbocycles. The third-order valence-electron chi connectivity index (χ3n) is 4.61. The highest BCUT2D eigenvalue weighted by atomic mass is 16.6. The van der Waals surface area contributed by atoms with Crippen LogP contribution in [0.2, 0.25) is 0 Å². The summed E-state index contributed by atoms with van der Waals surface area (Å²) in [5.74, 6) is -1.87. The summed E-state index contributed by atoms with van der Waals surface area (Å²) < 4.78 is 20.7. The quantitative estimate of drug-likeness (QED) is 0.225. The second-order valence-corrected chi connectivity index (χ2v) is 7.51. The average molecular weight is 498 g/mol. The first kappa shape index (κ1) is 27.7. The van der Waals surface area contributed by atoms with Crippen LogP contribution in [-0.2, 0) is 41.8 Å². The van der Waals surface area contributed by atoms with E-state index in [1.165, 1.54) is 6.92 Å². The van der Waals surface area contributed by atoms with Gasteiger partial charge in [0.25, 0.3) is 0 Å². The van der Waals surface area contributed by atoms with Crippen LogP contribution < -0.4 is 5.43 Å². The Morgan fingerprint density at radius 2 is 1.44 bits per heavy atom. The van der Waals surface area contributed by atoms with Crippen molar-refractivity contribution < 1.29 is 38.1 Å². The van der Waals surface area contributed by atoms with Crippen LogP contribution in [0.4, 0.5) is 9.59 Å². The number of benzene rings is 2. The minimum Gasteiger partial charge on any atom is -0.466 e. The van der Waals surface area contributed by atoms with Crippen LogP contribution in [0.25, 0.3) is 0 Å². The third kappa shape index (κ3) is 8.98. The largest absolute Gasteiger partial charge is 0.466 e. The van der Waals surface area contributed by atoms with Crippen LogP contribution in [0.15, 0.2) is 60.7 Å². The van der Waals surface area contributed by atoms with Crippen molar-refractivity contribution in [3.05, 3.63) is 71.8 Å². The standard InChI is InChI=1S/C25H27N3O8/c1-3-33-22(30)16-25(2,36-21(29)14-15-26)28(24(32)35-18-20-12-8-5-9-13-20)27-23(31)34-17-19-10-6-4-7-11-19/h4-13H,3,14,16-18H2,1-2H3,(H,27,31). The molecule has 0 saturated heterocycles. The molecular weight excluding hydrogens is 470 g/mol. The summed E-state index contributed by atoms with van der Waals surface area (Å²) >= 11 is 0. The zero-order valence-electron chi connectivity index (χ0n) is 20.0. The Morgan fingerprint density at radius 3 is 1.97 bits per heavy atom. The van der Waals surface area contributed by atoms with Crippen molar-refractivity contribution in [2.75, 3.05) is 6.61 Å². The van der Waals surface area contributed by atoms with Crippen molar-refractivity contribution in [2.24, 2.45) is 0 Å². The first-order valence-corrected chi connectivity index (χ1v) is 11.0. The molecule has 0 spiro atoms. The SMILES string of the molecule is CCOC(=O)CC(C)(OC(=O)CC#N)N(NC(=O)OCc1ccccc1)C(=O)OCc1ccccc1. The zero-order valence-corrected chi connectivity index (χ0v) is 20.0. The average Bonchev–Trinajstić information content (AvgIpc) is 2.86. The number of carbonyl (C=O) groups excluding carboxylic acids is 4. The highest BCUT2D eigenvalue weighted by Gasteiger charge is 2.44. The number of hydrogen-bond donors (Lipinski definition) is 1. The molecule has 11 heteroatoms. The first-order valence-electron chi connectivity index (χ1n) is 11.0. The van der Waals surface area contributed by atoms with Crippen LogP contribution in [0.3, 0.4) is 0 Å². The minimum absolute atomic E-state index is 0.0199. The smallest absolute Gasteiger partial charge is 0.432 e. The molecule has 2 aromatic rings. The highest BCUT2D eigenvalue weighted by molar-refractivity contribution is 5.78. The number of hydrazine groups is 1. The van der Waals surface area contributed by atoms with Gasteiger partial charge >= 0.3 is 24.1 Å². The van der Waals surface area contributed by atoms with E-state index in [0.717, 1.165) is 0 Å². The molecule has 36 heavy (non-hydrogen) atoms. The zero-order chi connectivity index (χ0) is 26.4. The Balaban J connectivity index is 2.28. The van der Waals surface area contributed by atoms with Gasteiger partial charge in [-0.05, 0) is 25.0 Å². The van der Waals surface area contributed by atoms with Gasteiger partial charge in [-0.15, -0.1) is 0 Å². The van der Waals surface area contributed by atoms with Gasteiger partial charge in [0.1, 0.15) is 26.1 Å². The topological polar surface area (TPSA) is 144 Å². The van der Waals surface area contributed by atoms with Gasteiger partial charge < -0.3 is 18.9 Å². The molecule has 1 atom stereocenters. The number of hydrogen-bond acceptors (Lipinski definition) is 9. The van der Waals surface area contributed by atoms with E-state index in [0.29, 0.717) is 16.1 Å². The van der Waals surface area contributed by atoms with E-state index in [-0.39, 0.29) is 19.8 Å². The van der Waals surface area contributed by atoms with Gasteiger partial charge in [-0.3, -0.25) is 9.59 Å². The lowest BCUT2D eigenvalue weighted by Gasteiger charge is -2.38. The molecule has 0 aliphatic heterocycles. The summed E-state index contributed by atoms with van der Waals surface area (Å²) in [4.78, 5) is 50.1. The third-order valence-corrected chi connectivity index (χ3v) is 4.61. The maximum absolute atomic E-state index is 13.1. The van der Waals surface area contributed by atoms with Gasteiger partial charge in [-0.25, -0.2) is 15.0 Å². The van der Waals surface area contributed by atoms with E-state index in [2.05, 4.69) is 5.43 Å². The predicted octanol–water partition coefficient (Wildman–Crippen LogP) is 3.59. The Hall–Kier alpha value is -4.59. The molecule has 0 heterocycles. The predicted molar refractivity (Wildman–Crippen MR) is 124 cm³/mol. The number of nitriles is 1. The number of amides is 2. The van der Waals surface area contributed by atoms with E-state index < -0.39 is 42.7 Å². The summed E-state index contributed by atoms with van der Waals surface area (Å²) in [7, 11) is 0. The summed E-state index contributed by atoms with van der Waals surface area (Å²) in [5.41, 5.74) is 1.40. The number of carbonyl (C=O) groups is 4. The first-order chi connectivity index (χ1) is 17.3. The number of nitrogens with zero attached hydrogens (tertiary/aromatic N) is 2. The molecule has 0 fully saturated rings. The molecule has 0 aliphatic rings. The van der Waals surface area contributed by atoms with Gasteiger partial charge in [0.05, 0.1) is 12.7 Å². The molecule has 11 nitrogen and oxygen atoms in total. The number of ether oxygens (including phenoxy) is 4. The summed E-state index contributed by atoms with van der Waals surface area (Å²) in [6, 6.07) is 19.1. The van der Waals surface area contributed by atoms with E-state index in [9.17, 15) is 19.2 Å². The second kappa shape index (κ2) is 14.0. The van der Waals surface area contributed by atoms with Crippen molar-refractivity contribution in [1.29, 1.82) is 5.26 Å². The molecule has 2 rings (SSSR count). The highest BCUT2D eigenvalue weighted by Crippen LogP contribution is 2.23. The molecule has 0 aliphatic carbocycles. The van der Waals surface area contributed by atoms with Gasteiger partial charge in [0.2, 0.25) is 5.72 Å². The van der Waals surface area contributed by atoms with Crippen molar-refractivity contribution in [1.82, 2.24) is 10.4 Å². The fourth-order valence-electron chi connectivity index (χ4n) is 2.97. The molecule has 0 radical (unpaired) electrons. The molecule has 1 N–H and O–H groups in total. The van der Waals surface area contributed by atoms with Crippen molar-refractivity contribution in [3.63, 3.8) is 0 Å². The molecule has 0 saturated carbocycles. The molecule has 2 amide bonds. The fraction of sp³-hybridized carbons (Fsp3) is 0.320. The molecule has 1 unspecified atom stereocenters. The van der Waals surface area contributed by atoms with Crippen LogP contribution in [0.1, 0.15) is 37.8 Å². The number of esters is 2. The van der Waals surface area contributed by atoms with Crippen molar-refractivity contribution in [2.45, 2.75) is 45.6 Å². The Morgan fingerprint density at radius 1 is 0.889 bits per heavy atom. The van der Waals surface area contributed by atoms with Gasteiger partial charge in [-0.1, -0.05) is 60.7 Å². The monoisotopic (exact) mass is 497 g/mol. The molecular formula is C25H27N3O8. The van der Waals surface area contributed by atoms with Crippen LogP contribution in [0.5, 0.6) is 0 Å². The summed E-state index contributed by atoms with van der Waals surface area (Å²) in [6.45, 7) is 2.48. The van der Waals surface area contributed by atoms with Gasteiger partial charge in [-0.2, -0.15) is 10.3 Å². The second-order valence-electron chi connectivity index (χ2n) is 7.51. The summed E-state index contributed by atoms with van der Waals surface area (Å²) in [5, 5.41) is 9.38. The van der Waals surface area contributed by atoms with Crippen molar-refractivity contribution in [3.8, 4) is 6.07 Å². The van der Waals surface area contributed by atoms with Crippen molar-refractivity contribution >= 4 is 24.1 Å². The van der Waals surface area contributed by atoms with Crippen LogP contribution in [-0.4, -0.2) is 41.5 Å². The Kier molecular flexibility index (Phi) is 10.7. The van der Waals surface area contributed by atoms with E-state index >= 15 is 0 Å². The lowest BCUT2D eigenvalue weighted by molar-refractivity contribution is -0.188. The number of nitrogens with one attached hydrogen (secondary N) is 1. The molecule has 0 aromatic heterocycles. The van der Waals surface area contributed by atoms with Gasteiger partial charge in [0, 0.05) is 0 Å². The minimum atomic E-state index is -2.11. The molecule has 190 valence electrons. The fourth-order valence-corrected chi connectivity index (χ4v) is 2.97. The normalized spacial score (nSPS) is 11.7. The van der Waals surface area contributed by atoms with E-state index in [1.807, 2.05) is 0 Å². The summed E-state index contributed by atoms with van der Waals surface area (Å²) in [6.07, 6.45) is -3.56. The van der Waals surface area contributed by atoms with Gasteiger partial charge in [0.15, 0.2) is 0 Å². The number of rotatable bonds is 10. The maximum atomic E-state index is 13.1. The van der Waals surface area contributed by atoms with E-state index in [1.54, 1.807) is 73.7 Å².